The van der Waals surface area contributed by atoms with Gasteiger partial charge in [-0.15, -0.1) is 0 Å². The van der Waals surface area contributed by atoms with Gasteiger partial charge < -0.3 is 28.7 Å². The molecule has 9 heteroatoms. The van der Waals surface area contributed by atoms with E-state index in [1.54, 1.807) is 6.92 Å². The lowest BCUT2D eigenvalue weighted by Gasteiger charge is -2.44. The number of benzene rings is 3. The molecular formula is C27H31O8P. The van der Waals surface area contributed by atoms with Crippen molar-refractivity contribution in [1.29, 1.82) is 0 Å². The first-order valence-electron chi connectivity index (χ1n) is 11.7. The number of rotatable bonds is 11. The van der Waals surface area contributed by atoms with Gasteiger partial charge in [0.25, 0.3) is 0 Å². The summed E-state index contributed by atoms with van der Waals surface area (Å²) < 4.78 is 41.4. The van der Waals surface area contributed by atoms with Crippen LogP contribution in [0.1, 0.15) is 23.6 Å². The molecule has 4 rings (SSSR count). The highest BCUT2D eigenvalue weighted by atomic mass is 31.2. The Kier molecular flexibility index (Phi) is 9.42. The molecule has 2 N–H and O–H groups in total. The van der Waals surface area contributed by atoms with E-state index in [2.05, 4.69) is 0 Å². The third kappa shape index (κ3) is 7.80. The summed E-state index contributed by atoms with van der Waals surface area (Å²) in [6.07, 6.45) is -4.26. The van der Waals surface area contributed by atoms with Gasteiger partial charge in [0.1, 0.15) is 18.3 Å². The molecule has 1 aliphatic rings. The van der Waals surface area contributed by atoms with Crippen molar-refractivity contribution in [2.45, 2.75) is 57.5 Å². The van der Waals surface area contributed by atoms with Gasteiger partial charge in [-0.1, -0.05) is 91.0 Å². The first-order chi connectivity index (χ1) is 17.4. The molecule has 8 nitrogen and oxygen atoms in total. The summed E-state index contributed by atoms with van der Waals surface area (Å²) in [5, 5.41) is 0. The van der Waals surface area contributed by atoms with E-state index in [1.165, 1.54) is 0 Å². The Hall–Kier alpha value is -2.39. The number of phosphoric acid groups is 1. The van der Waals surface area contributed by atoms with E-state index in [1.807, 2.05) is 91.0 Å². The summed E-state index contributed by atoms with van der Waals surface area (Å²) in [5.74, 6) is 0. The van der Waals surface area contributed by atoms with Crippen LogP contribution in [0, 0.1) is 0 Å². The molecule has 192 valence electrons. The minimum Gasteiger partial charge on any atom is -0.368 e. The fourth-order valence-corrected chi connectivity index (χ4v) is 4.53. The highest BCUT2D eigenvalue weighted by Crippen LogP contribution is 2.42. The highest BCUT2D eigenvalue weighted by molar-refractivity contribution is 7.46. The zero-order chi connectivity index (χ0) is 25.4. The summed E-state index contributed by atoms with van der Waals surface area (Å²) in [5.41, 5.74) is 2.80. The average Bonchev–Trinajstić information content (AvgIpc) is 2.87. The zero-order valence-electron chi connectivity index (χ0n) is 20.0. The Morgan fingerprint density at radius 1 is 0.667 bits per heavy atom. The van der Waals surface area contributed by atoms with Crippen molar-refractivity contribution in [1.82, 2.24) is 0 Å². The molecule has 0 amide bonds. The van der Waals surface area contributed by atoms with Crippen LogP contribution in [0.25, 0.3) is 0 Å². The van der Waals surface area contributed by atoms with E-state index in [-0.39, 0.29) is 13.2 Å². The van der Waals surface area contributed by atoms with Crippen LogP contribution in [0.5, 0.6) is 0 Å². The largest absolute Gasteiger partial charge is 0.472 e. The Morgan fingerprint density at radius 3 is 1.47 bits per heavy atom. The molecule has 1 fully saturated rings. The second-order valence-electron chi connectivity index (χ2n) is 8.59. The molecule has 3 aromatic rings. The summed E-state index contributed by atoms with van der Waals surface area (Å²) >= 11 is 0. The van der Waals surface area contributed by atoms with Crippen molar-refractivity contribution in [3.8, 4) is 0 Å². The van der Waals surface area contributed by atoms with Crippen LogP contribution in [0.3, 0.4) is 0 Å². The van der Waals surface area contributed by atoms with Crippen LogP contribution in [0.2, 0.25) is 0 Å². The van der Waals surface area contributed by atoms with Crippen molar-refractivity contribution in [2.24, 2.45) is 0 Å². The monoisotopic (exact) mass is 514 g/mol. The first-order valence-corrected chi connectivity index (χ1v) is 13.3. The van der Waals surface area contributed by atoms with Crippen LogP contribution >= 0.6 is 7.82 Å². The molecule has 1 heterocycles. The predicted octanol–water partition coefficient (Wildman–Crippen LogP) is 4.60. The molecule has 0 aromatic heterocycles. The van der Waals surface area contributed by atoms with Gasteiger partial charge in [-0.2, -0.15) is 0 Å². The first kappa shape index (κ1) is 26.7. The quantitative estimate of drug-likeness (QED) is 0.358. The third-order valence-corrected chi connectivity index (χ3v) is 6.31. The number of phosphoric ester groups is 1. The normalized spacial score (nSPS) is 24.5. The minimum atomic E-state index is -4.88. The fourth-order valence-electron chi connectivity index (χ4n) is 4.09. The maximum absolute atomic E-state index is 11.8. The SMILES string of the molecule is C[C@@H]1O[C@@H](OP(=O)(O)O)[C@@H](OCc2ccccc2)[C@H](OCc2ccccc2)[C@@H]1OCc1ccccc1. The van der Waals surface area contributed by atoms with E-state index in [0.717, 1.165) is 16.7 Å². The molecular weight excluding hydrogens is 483 g/mol. The zero-order valence-corrected chi connectivity index (χ0v) is 20.9. The summed E-state index contributed by atoms with van der Waals surface area (Å²) in [6.45, 7) is 2.48. The van der Waals surface area contributed by atoms with Crippen molar-refractivity contribution >= 4 is 7.82 Å². The van der Waals surface area contributed by atoms with Crippen molar-refractivity contribution < 1.29 is 37.8 Å². The van der Waals surface area contributed by atoms with E-state index in [4.69, 9.17) is 23.5 Å². The molecule has 5 atom stereocenters. The van der Waals surface area contributed by atoms with Crippen LogP contribution in [0.4, 0.5) is 0 Å². The van der Waals surface area contributed by atoms with E-state index in [9.17, 15) is 14.4 Å². The summed E-state index contributed by atoms with van der Waals surface area (Å²) in [7, 11) is -4.88. The van der Waals surface area contributed by atoms with Gasteiger partial charge >= 0.3 is 7.82 Å². The molecule has 0 unspecified atom stereocenters. The van der Waals surface area contributed by atoms with Gasteiger partial charge in [-0.25, -0.2) is 4.57 Å². The molecule has 0 saturated carbocycles. The Bertz CT molecular complexity index is 1090. The van der Waals surface area contributed by atoms with Crippen LogP contribution < -0.4 is 0 Å². The molecule has 1 saturated heterocycles. The maximum Gasteiger partial charge on any atom is 0.472 e. The lowest BCUT2D eigenvalue weighted by molar-refractivity contribution is -0.303. The number of hydrogen-bond donors (Lipinski definition) is 2. The Labute approximate surface area is 211 Å². The van der Waals surface area contributed by atoms with Crippen LogP contribution in [-0.2, 0) is 47.9 Å². The second-order valence-corrected chi connectivity index (χ2v) is 9.78. The second kappa shape index (κ2) is 12.7. The summed E-state index contributed by atoms with van der Waals surface area (Å²) in [4.78, 5) is 19.1. The van der Waals surface area contributed by atoms with E-state index >= 15 is 0 Å². The van der Waals surface area contributed by atoms with Gasteiger partial charge in [0.15, 0.2) is 6.29 Å². The molecule has 0 bridgehead atoms. The van der Waals surface area contributed by atoms with Crippen molar-refractivity contribution in [3.63, 3.8) is 0 Å². The number of ether oxygens (including phenoxy) is 4. The summed E-state index contributed by atoms with van der Waals surface area (Å²) in [6, 6.07) is 28.8. The van der Waals surface area contributed by atoms with E-state index in [0.29, 0.717) is 6.61 Å². The molecule has 3 aromatic carbocycles. The Morgan fingerprint density at radius 2 is 1.06 bits per heavy atom. The van der Waals surface area contributed by atoms with Gasteiger partial charge in [-0.05, 0) is 23.6 Å². The van der Waals surface area contributed by atoms with Crippen LogP contribution in [0.15, 0.2) is 91.0 Å². The molecule has 0 spiro atoms. The Balaban J connectivity index is 1.59. The molecule has 36 heavy (non-hydrogen) atoms. The van der Waals surface area contributed by atoms with Crippen molar-refractivity contribution in [2.75, 3.05) is 0 Å². The lowest BCUT2D eigenvalue weighted by atomic mass is 9.98. The molecule has 1 aliphatic heterocycles. The van der Waals surface area contributed by atoms with Gasteiger partial charge in [0.2, 0.25) is 0 Å². The number of hydrogen-bond acceptors (Lipinski definition) is 6. The molecule has 0 aliphatic carbocycles. The van der Waals surface area contributed by atoms with E-state index < -0.39 is 38.5 Å². The van der Waals surface area contributed by atoms with Crippen LogP contribution in [-0.4, -0.2) is 40.5 Å². The van der Waals surface area contributed by atoms with Crippen molar-refractivity contribution in [3.05, 3.63) is 108 Å². The predicted molar refractivity (Wildman–Crippen MR) is 133 cm³/mol. The van der Waals surface area contributed by atoms with Gasteiger partial charge in [0, 0.05) is 0 Å². The maximum atomic E-state index is 11.8. The minimum absolute atomic E-state index is 0.168. The molecule has 0 radical (unpaired) electrons. The van der Waals surface area contributed by atoms with Gasteiger partial charge in [-0.3, -0.25) is 4.52 Å². The highest BCUT2D eigenvalue weighted by Gasteiger charge is 2.49. The lowest BCUT2D eigenvalue weighted by Crippen LogP contribution is -2.59. The standard InChI is InChI=1S/C27H31O8P/c1-20-24(31-17-21-11-5-2-6-12-21)25(32-18-22-13-7-3-8-14-22)26(27(34-20)35-36(28,29)30)33-19-23-15-9-4-10-16-23/h2-16,20,24-27H,17-19H2,1H3,(H2,28,29,30)/t20-,24+,25+,26-,27-/m0/s1. The van der Waals surface area contributed by atoms with Gasteiger partial charge in [0.05, 0.1) is 25.9 Å². The fraction of sp³-hybridized carbons (Fsp3) is 0.333. The average molecular weight is 515 g/mol. The topological polar surface area (TPSA) is 104 Å². The third-order valence-electron chi connectivity index (χ3n) is 5.82. The smallest absolute Gasteiger partial charge is 0.368 e.